The van der Waals surface area contributed by atoms with Crippen LogP contribution in [0.1, 0.15) is 11.1 Å². The smallest absolute Gasteiger partial charge is 0.415 e. The number of benzene rings is 1. The number of nitriles is 1. The third kappa shape index (κ3) is 3.33. The molecule has 5 heteroatoms. The first-order valence-electron chi connectivity index (χ1n) is 6.01. The fraction of sp³-hybridized carbons (Fsp3) is 0.133. The van der Waals surface area contributed by atoms with Gasteiger partial charge in [0.1, 0.15) is 12.4 Å². The summed E-state index contributed by atoms with van der Waals surface area (Å²) in [6.45, 7) is 0.196. The van der Waals surface area contributed by atoms with Gasteiger partial charge in [-0.3, -0.25) is 4.90 Å². The molecule has 1 amide bonds. The summed E-state index contributed by atoms with van der Waals surface area (Å²) in [5, 5.41) is 8.82. The average molecular weight is 267 g/mol. The van der Waals surface area contributed by atoms with Crippen molar-refractivity contribution in [1.29, 1.82) is 5.26 Å². The van der Waals surface area contributed by atoms with E-state index in [1.165, 1.54) is 17.2 Å². The minimum absolute atomic E-state index is 0.196. The molecule has 5 nitrogen and oxygen atoms in total. The van der Waals surface area contributed by atoms with E-state index in [1.807, 2.05) is 36.4 Å². The maximum absolute atomic E-state index is 11.9. The lowest BCUT2D eigenvalue weighted by Crippen LogP contribution is -2.27. The van der Waals surface area contributed by atoms with Gasteiger partial charge in [-0.2, -0.15) is 5.26 Å². The fourth-order valence-electron chi connectivity index (χ4n) is 1.58. The number of carbonyl (C=O) groups is 1. The van der Waals surface area contributed by atoms with Gasteiger partial charge in [-0.05, 0) is 17.7 Å². The van der Waals surface area contributed by atoms with Crippen LogP contribution in [0.15, 0.2) is 48.7 Å². The zero-order valence-electron chi connectivity index (χ0n) is 11.0. The molecule has 2 aromatic rings. The Morgan fingerprint density at radius 3 is 2.80 bits per heavy atom. The number of hydrogen-bond donors (Lipinski definition) is 0. The van der Waals surface area contributed by atoms with E-state index in [1.54, 1.807) is 13.1 Å². The molecule has 0 aliphatic carbocycles. The lowest BCUT2D eigenvalue weighted by Gasteiger charge is -2.16. The summed E-state index contributed by atoms with van der Waals surface area (Å²) < 4.78 is 5.18. The quantitative estimate of drug-likeness (QED) is 0.857. The molecular formula is C15H13N3O2. The molecule has 0 fully saturated rings. The topological polar surface area (TPSA) is 66.2 Å². The number of ether oxygens (including phenoxy) is 1. The summed E-state index contributed by atoms with van der Waals surface area (Å²) in [4.78, 5) is 17.2. The van der Waals surface area contributed by atoms with Gasteiger partial charge in [0, 0.05) is 13.2 Å². The molecule has 20 heavy (non-hydrogen) atoms. The second-order valence-corrected chi connectivity index (χ2v) is 4.11. The molecule has 0 aliphatic heterocycles. The van der Waals surface area contributed by atoms with Gasteiger partial charge in [0.2, 0.25) is 0 Å². The summed E-state index contributed by atoms with van der Waals surface area (Å²) in [6.07, 6.45) is 0.964. The van der Waals surface area contributed by atoms with Crippen molar-refractivity contribution in [2.45, 2.75) is 6.61 Å². The minimum atomic E-state index is -0.517. The van der Waals surface area contributed by atoms with Crippen molar-refractivity contribution in [3.05, 3.63) is 59.8 Å². The third-order valence-corrected chi connectivity index (χ3v) is 2.70. The van der Waals surface area contributed by atoms with Crippen molar-refractivity contribution in [1.82, 2.24) is 4.98 Å². The minimum Gasteiger partial charge on any atom is -0.444 e. The Morgan fingerprint density at radius 1 is 1.35 bits per heavy atom. The van der Waals surface area contributed by atoms with Crippen molar-refractivity contribution in [2.75, 3.05) is 11.9 Å². The normalized spacial score (nSPS) is 9.60. The van der Waals surface area contributed by atoms with E-state index in [2.05, 4.69) is 4.98 Å². The van der Waals surface area contributed by atoms with E-state index in [0.29, 0.717) is 11.4 Å². The Balaban J connectivity index is 2.00. The van der Waals surface area contributed by atoms with Crippen LogP contribution in [0.4, 0.5) is 10.6 Å². The number of anilines is 1. The number of aromatic nitrogens is 1. The van der Waals surface area contributed by atoms with Gasteiger partial charge in [0.25, 0.3) is 0 Å². The first-order chi connectivity index (χ1) is 9.70. The Bertz CT molecular complexity index is 635. The van der Waals surface area contributed by atoms with Crippen LogP contribution in [0.5, 0.6) is 0 Å². The number of hydrogen-bond acceptors (Lipinski definition) is 4. The van der Waals surface area contributed by atoms with Crippen molar-refractivity contribution < 1.29 is 9.53 Å². The van der Waals surface area contributed by atoms with Crippen molar-refractivity contribution in [2.24, 2.45) is 0 Å². The first-order valence-corrected chi connectivity index (χ1v) is 6.01. The van der Waals surface area contributed by atoms with Crippen LogP contribution in [-0.4, -0.2) is 18.1 Å². The molecule has 0 atom stereocenters. The highest BCUT2D eigenvalue weighted by Gasteiger charge is 2.13. The summed E-state index contributed by atoms with van der Waals surface area (Å²) in [7, 11) is 1.55. The monoisotopic (exact) mass is 267 g/mol. The first kappa shape index (κ1) is 13.6. The molecule has 0 saturated carbocycles. The van der Waals surface area contributed by atoms with Crippen LogP contribution in [0, 0.1) is 11.3 Å². The lowest BCUT2D eigenvalue weighted by atomic mass is 10.2. The molecule has 1 aromatic carbocycles. The van der Waals surface area contributed by atoms with Crippen LogP contribution in [0.25, 0.3) is 0 Å². The average Bonchev–Trinajstić information content (AvgIpc) is 2.53. The standard InChI is InChI=1S/C15H13N3O2/c1-18(14-9-13(10-16)7-8-17-14)15(19)20-11-12-5-3-2-4-6-12/h2-9H,11H2,1H3. The molecule has 100 valence electrons. The molecule has 0 saturated heterocycles. The lowest BCUT2D eigenvalue weighted by molar-refractivity contribution is 0.148. The molecule has 1 heterocycles. The fourth-order valence-corrected chi connectivity index (χ4v) is 1.58. The van der Waals surface area contributed by atoms with Gasteiger partial charge in [-0.15, -0.1) is 0 Å². The van der Waals surface area contributed by atoms with E-state index < -0.39 is 6.09 Å². The number of rotatable bonds is 3. The van der Waals surface area contributed by atoms with Gasteiger partial charge in [0.05, 0.1) is 11.6 Å². The van der Waals surface area contributed by atoms with E-state index in [0.717, 1.165) is 5.56 Å². The Hall–Kier alpha value is -2.87. The zero-order chi connectivity index (χ0) is 14.4. The third-order valence-electron chi connectivity index (χ3n) is 2.70. The predicted molar refractivity (Wildman–Crippen MR) is 74.0 cm³/mol. The summed E-state index contributed by atoms with van der Waals surface area (Å²) >= 11 is 0. The molecule has 1 aromatic heterocycles. The van der Waals surface area contributed by atoms with Crippen LogP contribution in [-0.2, 0) is 11.3 Å². The number of carbonyl (C=O) groups excluding carboxylic acids is 1. The van der Waals surface area contributed by atoms with Gasteiger partial charge >= 0.3 is 6.09 Å². The predicted octanol–water partition coefficient (Wildman–Crippen LogP) is 2.73. The molecule has 0 aliphatic rings. The van der Waals surface area contributed by atoms with Crippen LogP contribution < -0.4 is 4.90 Å². The second-order valence-electron chi connectivity index (χ2n) is 4.11. The molecular weight excluding hydrogens is 254 g/mol. The van der Waals surface area contributed by atoms with Crippen LogP contribution in [0.3, 0.4) is 0 Å². The molecule has 0 N–H and O–H groups in total. The van der Waals surface area contributed by atoms with Gasteiger partial charge < -0.3 is 4.74 Å². The molecule has 0 unspecified atom stereocenters. The number of nitrogens with zero attached hydrogens (tertiary/aromatic N) is 3. The van der Waals surface area contributed by atoms with E-state index in [-0.39, 0.29) is 6.61 Å². The zero-order valence-corrected chi connectivity index (χ0v) is 11.0. The largest absolute Gasteiger partial charge is 0.444 e. The maximum Gasteiger partial charge on any atom is 0.415 e. The Kier molecular flexibility index (Phi) is 4.30. The Labute approximate surface area is 117 Å². The Morgan fingerprint density at radius 2 is 2.10 bits per heavy atom. The van der Waals surface area contributed by atoms with Crippen molar-refractivity contribution >= 4 is 11.9 Å². The molecule has 0 bridgehead atoms. The van der Waals surface area contributed by atoms with Crippen molar-refractivity contribution in [3.63, 3.8) is 0 Å². The SMILES string of the molecule is CN(C(=O)OCc1ccccc1)c1cc(C#N)ccn1. The molecule has 0 spiro atoms. The second kappa shape index (κ2) is 6.34. The van der Waals surface area contributed by atoms with E-state index in [4.69, 9.17) is 10.00 Å². The highest BCUT2D eigenvalue weighted by molar-refractivity contribution is 5.85. The maximum atomic E-state index is 11.9. The number of amides is 1. The highest BCUT2D eigenvalue weighted by Crippen LogP contribution is 2.12. The van der Waals surface area contributed by atoms with E-state index in [9.17, 15) is 4.79 Å². The van der Waals surface area contributed by atoms with Gasteiger partial charge in [-0.1, -0.05) is 30.3 Å². The van der Waals surface area contributed by atoms with Gasteiger partial charge in [-0.25, -0.2) is 9.78 Å². The number of pyridine rings is 1. The highest BCUT2D eigenvalue weighted by atomic mass is 16.6. The summed E-state index contributed by atoms with van der Waals surface area (Å²) in [5.74, 6) is 0.377. The summed E-state index contributed by atoms with van der Waals surface area (Å²) in [5.41, 5.74) is 1.35. The van der Waals surface area contributed by atoms with Gasteiger partial charge in [0.15, 0.2) is 0 Å². The van der Waals surface area contributed by atoms with Crippen LogP contribution >= 0.6 is 0 Å². The molecule has 2 rings (SSSR count). The summed E-state index contributed by atoms with van der Waals surface area (Å²) in [6, 6.07) is 14.5. The van der Waals surface area contributed by atoms with Crippen LogP contribution in [0.2, 0.25) is 0 Å². The van der Waals surface area contributed by atoms with Crippen molar-refractivity contribution in [3.8, 4) is 6.07 Å². The molecule has 0 radical (unpaired) electrons. The van der Waals surface area contributed by atoms with E-state index >= 15 is 0 Å².